The van der Waals surface area contributed by atoms with Crippen LogP contribution in [0.3, 0.4) is 0 Å². The summed E-state index contributed by atoms with van der Waals surface area (Å²) in [6, 6.07) is 17.7. The zero-order chi connectivity index (χ0) is 22.1. The van der Waals surface area contributed by atoms with E-state index in [9.17, 15) is 4.79 Å². The lowest BCUT2D eigenvalue weighted by Crippen LogP contribution is -2.49. The molecule has 5 rings (SSSR count). The molecule has 6 heteroatoms. The highest BCUT2D eigenvalue weighted by Crippen LogP contribution is 2.42. The highest BCUT2D eigenvalue weighted by molar-refractivity contribution is 5.80. The van der Waals surface area contributed by atoms with E-state index in [0.29, 0.717) is 17.9 Å². The average Bonchev–Trinajstić information content (AvgIpc) is 3.43. The SMILES string of the molecule is COCC(=O)N1CC[C@@H]2[C@H](C1)[C@@H](c1ccc(OC)cc1)CN2Cc1ccc2cc[nH]c2c1. The van der Waals surface area contributed by atoms with Gasteiger partial charge in [-0.15, -0.1) is 0 Å². The molecule has 3 heterocycles. The van der Waals surface area contributed by atoms with Crippen LogP contribution in [0.15, 0.2) is 54.7 Å². The number of rotatable bonds is 6. The number of nitrogens with zero attached hydrogens (tertiary/aromatic N) is 2. The fourth-order valence-corrected chi connectivity index (χ4v) is 5.60. The van der Waals surface area contributed by atoms with Gasteiger partial charge in [-0.1, -0.05) is 24.3 Å². The van der Waals surface area contributed by atoms with Crippen LogP contribution in [-0.4, -0.2) is 67.2 Å². The summed E-state index contributed by atoms with van der Waals surface area (Å²) >= 11 is 0. The van der Waals surface area contributed by atoms with E-state index in [2.05, 4.69) is 46.3 Å². The van der Waals surface area contributed by atoms with E-state index in [1.54, 1.807) is 14.2 Å². The van der Waals surface area contributed by atoms with Crippen LogP contribution in [0.2, 0.25) is 0 Å². The van der Waals surface area contributed by atoms with Crippen molar-refractivity contribution in [3.8, 4) is 5.75 Å². The van der Waals surface area contributed by atoms with Crippen molar-refractivity contribution in [3.63, 3.8) is 0 Å². The van der Waals surface area contributed by atoms with Crippen molar-refractivity contribution in [1.82, 2.24) is 14.8 Å². The summed E-state index contributed by atoms with van der Waals surface area (Å²) in [7, 11) is 3.28. The van der Waals surface area contributed by atoms with Gasteiger partial charge in [0.05, 0.1) is 7.11 Å². The minimum atomic E-state index is 0.0927. The molecule has 2 fully saturated rings. The third-order valence-electron chi connectivity index (χ3n) is 7.21. The maximum atomic E-state index is 12.6. The first-order chi connectivity index (χ1) is 15.7. The van der Waals surface area contributed by atoms with Crippen LogP contribution in [0.5, 0.6) is 5.75 Å². The maximum Gasteiger partial charge on any atom is 0.248 e. The topological polar surface area (TPSA) is 57.8 Å². The predicted octanol–water partition coefficient (Wildman–Crippen LogP) is 3.64. The van der Waals surface area contributed by atoms with Gasteiger partial charge in [-0.05, 0) is 47.2 Å². The predicted molar refractivity (Wildman–Crippen MR) is 125 cm³/mol. The van der Waals surface area contributed by atoms with Gasteiger partial charge in [0, 0.05) is 62.9 Å². The number of piperidine rings is 1. The van der Waals surface area contributed by atoms with Gasteiger partial charge in [-0.3, -0.25) is 9.69 Å². The Morgan fingerprint density at radius 3 is 2.72 bits per heavy atom. The van der Waals surface area contributed by atoms with Crippen LogP contribution >= 0.6 is 0 Å². The van der Waals surface area contributed by atoms with Crippen molar-refractivity contribution >= 4 is 16.8 Å². The molecule has 0 saturated carbocycles. The summed E-state index contributed by atoms with van der Waals surface area (Å²) in [5.74, 6) is 1.76. The van der Waals surface area contributed by atoms with Gasteiger partial charge in [0.1, 0.15) is 12.4 Å². The number of fused-ring (bicyclic) bond motifs is 2. The van der Waals surface area contributed by atoms with E-state index in [1.807, 2.05) is 23.2 Å². The molecule has 1 N–H and O–H groups in total. The first kappa shape index (κ1) is 21.0. The first-order valence-corrected chi connectivity index (χ1v) is 11.4. The molecule has 2 saturated heterocycles. The maximum absolute atomic E-state index is 12.6. The minimum Gasteiger partial charge on any atom is -0.497 e. The van der Waals surface area contributed by atoms with Crippen molar-refractivity contribution in [2.75, 3.05) is 40.5 Å². The molecule has 2 aromatic carbocycles. The molecule has 0 bridgehead atoms. The van der Waals surface area contributed by atoms with Gasteiger partial charge < -0.3 is 19.4 Å². The van der Waals surface area contributed by atoms with Crippen molar-refractivity contribution < 1.29 is 14.3 Å². The summed E-state index contributed by atoms with van der Waals surface area (Å²) in [5, 5.41) is 1.24. The Balaban J connectivity index is 1.40. The fraction of sp³-hybridized carbons (Fsp3) is 0.423. The molecule has 3 aromatic rings. The smallest absolute Gasteiger partial charge is 0.248 e. The molecular weight excluding hydrogens is 402 g/mol. The van der Waals surface area contributed by atoms with E-state index in [0.717, 1.165) is 38.3 Å². The third-order valence-corrected chi connectivity index (χ3v) is 7.21. The second-order valence-electron chi connectivity index (χ2n) is 9.00. The van der Waals surface area contributed by atoms with E-state index >= 15 is 0 Å². The van der Waals surface area contributed by atoms with Crippen LogP contribution in [-0.2, 0) is 16.1 Å². The van der Waals surface area contributed by atoms with E-state index in [-0.39, 0.29) is 12.5 Å². The molecule has 2 aliphatic heterocycles. The van der Waals surface area contributed by atoms with Gasteiger partial charge >= 0.3 is 0 Å². The van der Waals surface area contributed by atoms with Gasteiger partial charge in [0.15, 0.2) is 0 Å². The van der Waals surface area contributed by atoms with Crippen molar-refractivity contribution in [2.24, 2.45) is 5.92 Å². The fourth-order valence-electron chi connectivity index (χ4n) is 5.60. The highest BCUT2D eigenvalue weighted by Gasteiger charge is 2.45. The number of methoxy groups -OCH3 is 2. The molecule has 0 spiro atoms. The number of aromatic amines is 1. The Hall–Kier alpha value is -2.83. The molecule has 0 aliphatic carbocycles. The molecule has 1 amide bonds. The lowest BCUT2D eigenvalue weighted by Gasteiger charge is -2.39. The summed E-state index contributed by atoms with van der Waals surface area (Å²) in [6.07, 6.45) is 2.99. The number of carbonyl (C=O) groups excluding carboxylic acids is 1. The van der Waals surface area contributed by atoms with Gasteiger partial charge in [-0.25, -0.2) is 0 Å². The Bertz CT molecular complexity index is 1080. The number of aromatic nitrogens is 1. The second kappa shape index (κ2) is 8.96. The highest BCUT2D eigenvalue weighted by atomic mass is 16.5. The lowest BCUT2D eigenvalue weighted by atomic mass is 9.81. The molecule has 2 aliphatic rings. The molecule has 6 nitrogen and oxygen atoms in total. The molecular formula is C26H31N3O3. The number of H-pyrrole nitrogens is 1. The van der Waals surface area contributed by atoms with Crippen LogP contribution in [0, 0.1) is 5.92 Å². The van der Waals surface area contributed by atoms with E-state index < -0.39 is 0 Å². The Kier molecular flexibility index (Phi) is 5.89. The number of likely N-dealkylation sites (tertiary alicyclic amines) is 2. The van der Waals surface area contributed by atoms with Gasteiger partial charge in [0.25, 0.3) is 0 Å². The normalized spacial score (nSPS) is 23.4. The molecule has 0 radical (unpaired) electrons. The largest absolute Gasteiger partial charge is 0.497 e. The number of hydrogen-bond donors (Lipinski definition) is 1. The summed E-state index contributed by atoms with van der Waals surface area (Å²) in [5.41, 5.74) is 3.83. The van der Waals surface area contributed by atoms with Crippen molar-refractivity contribution in [3.05, 3.63) is 65.9 Å². The van der Waals surface area contributed by atoms with E-state index in [1.165, 1.54) is 22.0 Å². The molecule has 168 valence electrons. The number of ether oxygens (including phenoxy) is 2. The number of carbonyl (C=O) groups is 1. The first-order valence-electron chi connectivity index (χ1n) is 11.4. The zero-order valence-electron chi connectivity index (χ0n) is 18.8. The van der Waals surface area contributed by atoms with Gasteiger partial charge in [-0.2, -0.15) is 0 Å². The summed E-state index contributed by atoms with van der Waals surface area (Å²) in [6.45, 7) is 3.66. The lowest BCUT2D eigenvalue weighted by molar-refractivity contribution is -0.137. The van der Waals surface area contributed by atoms with Crippen LogP contribution in [0.25, 0.3) is 10.9 Å². The minimum absolute atomic E-state index is 0.0927. The monoisotopic (exact) mass is 433 g/mol. The second-order valence-corrected chi connectivity index (χ2v) is 9.00. The van der Waals surface area contributed by atoms with E-state index in [4.69, 9.17) is 9.47 Å². The Labute approximate surface area is 189 Å². The van der Waals surface area contributed by atoms with Gasteiger partial charge in [0.2, 0.25) is 5.91 Å². The summed E-state index contributed by atoms with van der Waals surface area (Å²) < 4.78 is 10.5. The van der Waals surface area contributed by atoms with Crippen LogP contribution in [0.4, 0.5) is 0 Å². The average molecular weight is 434 g/mol. The van der Waals surface area contributed by atoms with Crippen molar-refractivity contribution in [1.29, 1.82) is 0 Å². The number of amides is 1. The molecule has 3 atom stereocenters. The molecule has 0 unspecified atom stereocenters. The Morgan fingerprint density at radius 2 is 1.94 bits per heavy atom. The molecule has 32 heavy (non-hydrogen) atoms. The standard InChI is InChI=1S/C26H31N3O3/c1-31-17-26(30)28-12-10-25-23(16-28)22(19-5-7-21(32-2)8-6-19)15-29(25)14-18-3-4-20-9-11-27-24(20)13-18/h3-9,11,13,22-23,25,27H,10,12,14-17H2,1-2H3/t22-,23-,25-/m1/s1. The van der Waals surface area contributed by atoms with Crippen LogP contribution in [0.1, 0.15) is 23.5 Å². The summed E-state index contributed by atoms with van der Waals surface area (Å²) in [4.78, 5) is 20.5. The van der Waals surface area contributed by atoms with Crippen molar-refractivity contribution in [2.45, 2.75) is 24.9 Å². The third kappa shape index (κ3) is 4.00. The molecule has 1 aromatic heterocycles. The number of benzene rings is 2. The zero-order valence-corrected chi connectivity index (χ0v) is 18.8. The van der Waals surface area contributed by atoms with Crippen LogP contribution < -0.4 is 4.74 Å². The Morgan fingerprint density at radius 1 is 1.09 bits per heavy atom. The number of nitrogens with one attached hydrogen (secondary N) is 1. The number of hydrogen-bond acceptors (Lipinski definition) is 4. The quantitative estimate of drug-likeness (QED) is 0.645.